The molecule has 0 bridgehead atoms. The molecule has 0 aliphatic heterocycles. The average molecular weight is 304 g/mol. The van der Waals surface area contributed by atoms with Crippen molar-refractivity contribution in [3.63, 3.8) is 0 Å². The van der Waals surface area contributed by atoms with E-state index in [0.717, 1.165) is 40.6 Å². The Kier molecular flexibility index (Phi) is 3.66. The van der Waals surface area contributed by atoms with Crippen LogP contribution in [0.3, 0.4) is 0 Å². The van der Waals surface area contributed by atoms with Crippen LogP contribution < -0.4 is 4.90 Å². The second-order valence-corrected chi connectivity index (χ2v) is 6.28. The van der Waals surface area contributed by atoms with Crippen LogP contribution in [0.5, 0.6) is 0 Å². The zero-order chi connectivity index (χ0) is 15.6. The third-order valence-corrected chi connectivity index (χ3v) is 4.45. The second-order valence-electron chi connectivity index (χ2n) is 6.28. The van der Waals surface area contributed by atoms with Gasteiger partial charge in [0.25, 0.3) is 0 Å². The van der Waals surface area contributed by atoms with Gasteiger partial charge in [0.2, 0.25) is 0 Å². The molecule has 0 saturated heterocycles. The standard InChI is InChI=1S/C19H20N4/c1-23(13-10-14-6-7-14)19-16-4-2-3-5-17(16)21-18(22-19)15-8-11-20-12-9-15/h2-5,8-9,11-12,14H,6-7,10,13H2,1H3. The van der Waals surface area contributed by atoms with Gasteiger partial charge in [0.15, 0.2) is 5.82 Å². The fourth-order valence-electron chi connectivity index (χ4n) is 2.87. The first-order chi connectivity index (χ1) is 11.3. The topological polar surface area (TPSA) is 41.9 Å². The number of para-hydroxylation sites is 1. The molecule has 0 N–H and O–H groups in total. The molecule has 3 aromatic rings. The first kappa shape index (κ1) is 14.1. The van der Waals surface area contributed by atoms with Crippen molar-refractivity contribution in [2.75, 3.05) is 18.5 Å². The summed E-state index contributed by atoms with van der Waals surface area (Å²) in [6.45, 7) is 1.04. The predicted octanol–water partition coefficient (Wildman–Crippen LogP) is 3.93. The molecule has 0 amide bonds. The molecule has 0 unspecified atom stereocenters. The van der Waals surface area contributed by atoms with E-state index in [4.69, 9.17) is 9.97 Å². The fraction of sp³-hybridized carbons (Fsp3) is 0.316. The maximum absolute atomic E-state index is 4.86. The molecule has 1 fully saturated rings. The Labute approximate surface area is 136 Å². The average Bonchev–Trinajstić information content (AvgIpc) is 3.44. The van der Waals surface area contributed by atoms with Gasteiger partial charge in [0.05, 0.1) is 5.52 Å². The lowest BCUT2D eigenvalue weighted by Gasteiger charge is -2.20. The highest BCUT2D eigenvalue weighted by molar-refractivity contribution is 5.90. The predicted molar refractivity (Wildman–Crippen MR) is 93.4 cm³/mol. The van der Waals surface area contributed by atoms with E-state index in [-0.39, 0.29) is 0 Å². The molecule has 0 spiro atoms. The molecular weight excluding hydrogens is 284 g/mol. The Balaban J connectivity index is 1.77. The maximum Gasteiger partial charge on any atom is 0.162 e. The van der Waals surface area contributed by atoms with Crippen LogP contribution in [0.25, 0.3) is 22.3 Å². The molecule has 116 valence electrons. The quantitative estimate of drug-likeness (QED) is 0.716. The summed E-state index contributed by atoms with van der Waals surface area (Å²) in [5.41, 5.74) is 1.99. The summed E-state index contributed by atoms with van der Waals surface area (Å²) in [7, 11) is 2.13. The van der Waals surface area contributed by atoms with E-state index < -0.39 is 0 Å². The monoisotopic (exact) mass is 304 g/mol. The number of aromatic nitrogens is 3. The molecule has 1 saturated carbocycles. The molecule has 4 nitrogen and oxygen atoms in total. The van der Waals surface area contributed by atoms with Crippen LogP contribution in [0, 0.1) is 5.92 Å². The van der Waals surface area contributed by atoms with Crippen molar-refractivity contribution in [3.05, 3.63) is 48.8 Å². The smallest absolute Gasteiger partial charge is 0.162 e. The minimum absolute atomic E-state index is 0.763. The molecule has 0 radical (unpaired) electrons. The van der Waals surface area contributed by atoms with Gasteiger partial charge in [0.1, 0.15) is 5.82 Å². The number of fused-ring (bicyclic) bond motifs is 1. The van der Waals surface area contributed by atoms with Gasteiger partial charge in [-0.3, -0.25) is 4.98 Å². The first-order valence-electron chi connectivity index (χ1n) is 8.19. The van der Waals surface area contributed by atoms with Gasteiger partial charge in [-0.05, 0) is 36.6 Å². The van der Waals surface area contributed by atoms with Crippen molar-refractivity contribution in [2.45, 2.75) is 19.3 Å². The van der Waals surface area contributed by atoms with Gasteiger partial charge >= 0.3 is 0 Å². The molecule has 2 aromatic heterocycles. The van der Waals surface area contributed by atoms with Crippen molar-refractivity contribution in [3.8, 4) is 11.4 Å². The fourth-order valence-corrected chi connectivity index (χ4v) is 2.87. The number of pyridine rings is 1. The normalized spacial score (nSPS) is 14.1. The Bertz CT molecular complexity index is 812. The lowest BCUT2D eigenvalue weighted by Crippen LogP contribution is -2.21. The SMILES string of the molecule is CN(CCC1CC1)c1nc(-c2ccncc2)nc2ccccc12. The summed E-state index contributed by atoms with van der Waals surface area (Å²) in [6, 6.07) is 12.2. The van der Waals surface area contributed by atoms with E-state index in [2.05, 4.69) is 35.1 Å². The van der Waals surface area contributed by atoms with Gasteiger partial charge in [-0.2, -0.15) is 0 Å². The van der Waals surface area contributed by atoms with Crippen LogP contribution in [0.4, 0.5) is 5.82 Å². The van der Waals surface area contributed by atoms with E-state index in [1.54, 1.807) is 12.4 Å². The van der Waals surface area contributed by atoms with Crippen LogP contribution in [0.2, 0.25) is 0 Å². The molecule has 0 atom stereocenters. The van der Waals surface area contributed by atoms with Gasteiger partial charge in [-0.15, -0.1) is 0 Å². The molecule has 4 heteroatoms. The molecule has 23 heavy (non-hydrogen) atoms. The van der Waals surface area contributed by atoms with E-state index in [9.17, 15) is 0 Å². The van der Waals surface area contributed by atoms with Crippen molar-refractivity contribution >= 4 is 16.7 Å². The summed E-state index contributed by atoms with van der Waals surface area (Å²) in [6.07, 6.45) is 7.59. The maximum atomic E-state index is 4.86. The number of benzene rings is 1. The van der Waals surface area contributed by atoms with Crippen LogP contribution in [0.1, 0.15) is 19.3 Å². The minimum Gasteiger partial charge on any atom is -0.359 e. The number of hydrogen-bond donors (Lipinski definition) is 0. The van der Waals surface area contributed by atoms with Gasteiger partial charge in [-0.1, -0.05) is 25.0 Å². The number of hydrogen-bond acceptors (Lipinski definition) is 4. The van der Waals surface area contributed by atoms with E-state index >= 15 is 0 Å². The summed E-state index contributed by atoms with van der Waals surface area (Å²) in [4.78, 5) is 15.9. The Morgan fingerprint density at radius 2 is 1.83 bits per heavy atom. The van der Waals surface area contributed by atoms with E-state index in [1.807, 2.05) is 18.2 Å². The molecule has 2 heterocycles. The first-order valence-corrected chi connectivity index (χ1v) is 8.19. The highest BCUT2D eigenvalue weighted by Gasteiger charge is 2.22. The molecular formula is C19H20N4. The Morgan fingerprint density at radius 3 is 2.61 bits per heavy atom. The zero-order valence-electron chi connectivity index (χ0n) is 13.3. The molecule has 1 aromatic carbocycles. The number of nitrogens with zero attached hydrogens (tertiary/aromatic N) is 4. The Morgan fingerprint density at radius 1 is 1.04 bits per heavy atom. The largest absolute Gasteiger partial charge is 0.359 e. The third-order valence-electron chi connectivity index (χ3n) is 4.45. The van der Waals surface area contributed by atoms with Crippen LogP contribution >= 0.6 is 0 Å². The van der Waals surface area contributed by atoms with Gasteiger partial charge < -0.3 is 4.90 Å². The summed E-state index contributed by atoms with van der Waals surface area (Å²) >= 11 is 0. The Hall–Kier alpha value is -2.49. The number of anilines is 1. The molecule has 1 aliphatic carbocycles. The van der Waals surface area contributed by atoms with Gasteiger partial charge in [-0.25, -0.2) is 9.97 Å². The van der Waals surface area contributed by atoms with Crippen LogP contribution in [-0.2, 0) is 0 Å². The molecule has 1 aliphatic rings. The highest BCUT2D eigenvalue weighted by atomic mass is 15.2. The van der Waals surface area contributed by atoms with Gasteiger partial charge in [0, 0.05) is 36.9 Å². The van der Waals surface area contributed by atoms with Crippen molar-refractivity contribution in [1.29, 1.82) is 0 Å². The highest BCUT2D eigenvalue weighted by Crippen LogP contribution is 2.33. The van der Waals surface area contributed by atoms with E-state index in [0.29, 0.717) is 0 Å². The lowest BCUT2D eigenvalue weighted by molar-refractivity contribution is 0.707. The third kappa shape index (κ3) is 3.02. The summed E-state index contributed by atoms with van der Waals surface area (Å²) < 4.78 is 0. The zero-order valence-corrected chi connectivity index (χ0v) is 13.3. The minimum atomic E-state index is 0.763. The lowest BCUT2D eigenvalue weighted by atomic mass is 10.2. The number of rotatable bonds is 5. The van der Waals surface area contributed by atoms with Crippen molar-refractivity contribution in [2.24, 2.45) is 5.92 Å². The van der Waals surface area contributed by atoms with E-state index in [1.165, 1.54) is 19.3 Å². The van der Waals surface area contributed by atoms with Crippen LogP contribution in [0.15, 0.2) is 48.8 Å². The van der Waals surface area contributed by atoms with Crippen molar-refractivity contribution in [1.82, 2.24) is 15.0 Å². The van der Waals surface area contributed by atoms with Crippen molar-refractivity contribution < 1.29 is 0 Å². The second kappa shape index (κ2) is 5.95. The summed E-state index contributed by atoms with van der Waals surface area (Å²) in [5, 5.41) is 1.11. The van der Waals surface area contributed by atoms with Crippen LogP contribution in [-0.4, -0.2) is 28.5 Å². The summed E-state index contributed by atoms with van der Waals surface area (Å²) in [5.74, 6) is 2.70. The molecule has 4 rings (SSSR count).